The quantitative estimate of drug-likeness (QED) is 0.768. The number of aromatic hydroxyl groups is 1. The number of halogens is 1. The minimum Gasteiger partial charge on any atom is -0.508 e. The highest BCUT2D eigenvalue weighted by Gasteiger charge is 2.09. The van der Waals surface area contributed by atoms with E-state index in [0.717, 1.165) is 6.07 Å². The number of hydrogen-bond acceptors (Lipinski definition) is 2. The molecular formula is C13H18FNO. The molecular weight excluding hydrogens is 205 g/mol. The van der Waals surface area contributed by atoms with Crippen molar-refractivity contribution in [3.63, 3.8) is 0 Å². The van der Waals surface area contributed by atoms with Crippen LogP contribution in [0.4, 0.5) is 4.39 Å². The first-order valence-corrected chi connectivity index (χ1v) is 5.36. The Labute approximate surface area is 95.8 Å². The molecule has 1 unspecified atom stereocenters. The van der Waals surface area contributed by atoms with Crippen molar-refractivity contribution < 1.29 is 9.50 Å². The SMILES string of the molecule is CC(C)=CCNC(C)c1ccc(O)cc1F. The third-order valence-electron chi connectivity index (χ3n) is 2.38. The van der Waals surface area contributed by atoms with E-state index in [1.54, 1.807) is 6.07 Å². The van der Waals surface area contributed by atoms with Crippen molar-refractivity contribution in [2.24, 2.45) is 0 Å². The summed E-state index contributed by atoms with van der Waals surface area (Å²) in [5.41, 5.74) is 1.80. The van der Waals surface area contributed by atoms with Gasteiger partial charge in [0.25, 0.3) is 0 Å². The predicted molar refractivity (Wildman–Crippen MR) is 63.9 cm³/mol. The van der Waals surface area contributed by atoms with Crippen molar-refractivity contribution in [2.75, 3.05) is 6.54 Å². The Morgan fingerprint density at radius 1 is 1.50 bits per heavy atom. The molecule has 16 heavy (non-hydrogen) atoms. The molecule has 1 atom stereocenters. The maximum Gasteiger partial charge on any atom is 0.131 e. The Bertz CT molecular complexity index is 384. The minimum atomic E-state index is -0.378. The Balaban J connectivity index is 2.66. The lowest BCUT2D eigenvalue weighted by molar-refractivity contribution is 0.465. The summed E-state index contributed by atoms with van der Waals surface area (Å²) in [5, 5.41) is 12.3. The normalized spacial score (nSPS) is 12.2. The molecule has 0 saturated carbocycles. The molecule has 0 saturated heterocycles. The molecule has 0 aliphatic heterocycles. The molecule has 1 aromatic carbocycles. The molecule has 1 aromatic rings. The molecule has 0 aromatic heterocycles. The Hall–Kier alpha value is -1.35. The summed E-state index contributed by atoms with van der Waals surface area (Å²) in [5.74, 6) is -0.421. The van der Waals surface area contributed by atoms with Gasteiger partial charge in [0.15, 0.2) is 0 Å². The van der Waals surface area contributed by atoms with Gasteiger partial charge in [0, 0.05) is 24.2 Å². The molecule has 0 spiro atoms. The number of phenolic OH excluding ortho intramolecular Hbond substituents is 1. The Morgan fingerprint density at radius 2 is 2.19 bits per heavy atom. The Kier molecular flexibility index (Phi) is 4.50. The van der Waals surface area contributed by atoms with Crippen LogP contribution in [0.1, 0.15) is 32.4 Å². The van der Waals surface area contributed by atoms with Gasteiger partial charge in [0.2, 0.25) is 0 Å². The summed E-state index contributed by atoms with van der Waals surface area (Å²) in [6.07, 6.45) is 2.05. The van der Waals surface area contributed by atoms with Crippen LogP contribution in [0, 0.1) is 5.82 Å². The highest BCUT2D eigenvalue weighted by atomic mass is 19.1. The largest absolute Gasteiger partial charge is 0.508 e. The minimum absolute atomic E-state index is 0.0438. The predicted octanol–water partition coefficient (Wildman–Crippen LogP) is 3.15. The van der Waals surface area contributed by atoms with E-state index in [1.165, 1.54) is 11.6 Å². The zero-order valence-electron chi connectivity index (χ0n) is 9.92. The van der Waals surface area contributed by atoms with E-state index >= 15 is 0 Å². The van der Waals surface area contributed by atoms with Crippen LogP contribution in [-0.2, 0) is 0 Å². The van der Waals surface area contributed by atoms with Gasteiger partial charge < -0.3 is 10.4 Å². The van der Waals surface area contributed by atoms with E-state index < -0.39 is 0 Å². The van der Waals surface area contributed by atoms with Crippen molar-refractivity contribution in [1.29, 1.82) is 0 Å². The zero-order valence-corrected chi connectivity index (χ0v) is 9.92. The van der Waals surface area contributed by atoms with Gasteiger partial charge in [0.1, 0.15) is 11.6 Å². The third kappa shape index (κ3) is 3.66. The average molecular weight is 223 g/mol. The molecule has 1 rings (SSSR count). The smallest absolute Gasteiger partial charge is 0.131 e. The van der Waals surface area contributed by atoms with Gasteiger partial charge in [-0.3, -0.25) is 0 Å². The number of benzene rings is 1. The summed E-state index contributed by atoms with van der Waals surface area (Å²) in [7, 11) is 0. The van der Waals surface area contributed by atoms with Crippen LogP contribution >= 0.6 is 0 Å². The van der Waals surface area contributed by atoms with E-state index in [9.17, 15) is 4.39 Å². The van der Waals surface area contributed by atoms with Crippen LogP contribution in [-0.4, -0.2) is 11.7 Å². The highest BCUT2D eigenvalue weighted by molar-refractivity contribution is 5.29. The lowest BCUT2D eigenvalue weighted by Gasteiger charge is -2.14. The van der Waals surface area contributed by atoms with E-state index in [4.69, 9.17) is 5.11 Å². The molecule has 0 aliphatic rings. The molecule has 0 heterocycles. The van der Waals surface area contributed by atoms with Crippen molar-refractivity contribution in [1.82, 2.24) is 5.32 Å². The van der Waals surface area contributed by atoms with Gasteiger partial charge >= 0.3 is 0 Å². The summed E-state index contributed by atoms with van der Waals surface area (Å²) in [6, 6.07) is 4.16. The second-order valence-electron chi connectivity index (χ2n) is 4.12. The number of nitrogens with one attached hydrogen (secondary N) is 1. The van der Waals surface area contributed by atoms with Gasteiger partial charge in [0.05, 0.1) is 0 Å². The van der Waals surface area contributed by atoms with E-state index in [0.29, 0.717) is 12.1 Å². The molecule has 88 valence electrons. The van der Waals surface area contributed by atoms with Crippen molar-refractivity contribution in [3.05, 3.63) is 41.2 Å². The third-order valence-corrected chi connectivity index (χ3v) is 2.38. The van der Waals surface area contributed by atoms with Gasteiger partial charge in [-0.15, -0.1) is 0 Å². The van der Waals surface area contributed by atoms with E-state index in [2.05, 4.69) is 11.4 Å². The molecule has 2 N–H and O–H groups in total. The molecule has 3 heteroatoms. The van der Waals surface area contributed by atoms with Crippen LogP contribution in [0.15, 0.2) is 29.8 Å². The highest BCUT2D eigenvalue weighted by Crippen LogP contribution is 2.20. The zero-order chi connectivity index (χ0) is 12.1. The monoisotopic (exact) mass is 223 g/mol. The first-order chi connectivity index (χ1) is 7.50. The number of hydrogen-bond donors (Lipinski definition) is 2. The molecule has 0 bridgehead atoms. The summed E-state index contributed by atoms with van der Waals surface area (Å²) in [6.45, 7) is 6.65. The van der Waals surface area contributed by atoms with Crippen molar-refractivity contribution in [2.45, 2.75) is 26.8 Å². The average Bonchev–Trinajstić information content (AvgIpc) is 2.16. The fraction of sp³-hybridized carbons (Fsp3) is 0.385. The molecule has 0 amide bonds. The lowest BCUT2D eigenvalue weighted by atomic mass is 10.1. The Morgan fingerprint density at radius 3 is 2.75 bits per heavy atom. The van der Waals surface area contributed by atoms with Crippen molar-refractivity contribution >= 4 is 0 Å². The van der Waals surface area contributed by atoms with Gasteiger partial charge in [-0.05, 0) is 26.8 Å². The van der Waals surface area contributed by atoms with E-state index in [-0.39, 0.29) is 17.6 Å². The summed E-state index contributed by atoms with van der Waals surface area (Å²) in [4.78, 5) is 0. The maximum absolute atomic E-state index is 13.5. The van der Waals surface area contributed by atoms with Crippen LogP contribution in [0.5, 0.6) is 5.75 Å². The number of allylic oxidation sites excluding steroid dienone is 1. The second-order valence-corrected chi connectivity index (χ2v) is 4.12. The molecule has 2 nitrogen and oxygen atoms in total. The second kappa shape index (κ2) is 5.66. The van der Waals surface area contributed by atoms with Gasteiger partial charge in [-0.25, -0.2) is 4.39 Å². The fourth-order valence-electron chi connectivity index (χ4n) is 1.42. The summed E-state index contributed by atoms with van der Waals surface area (Å²) >= 11 is 0. The first-order valence-electron chi connectivity index (χ1n) is 5.36. The van der Waals surface area contributed by atoms with Gasteiger partial charge in [-0.2, -0.15) is 0 Å². The first kappa shape index (κ1) is 12.7. The molecule has 0 aliphatic carbocycles. The van der Waals surface area contributed by atoms with Crippen LogP contribution in [0.3, 0.4) is 0 Å². The van der Waals surface area contributed by atoms with Crippen LogP contribution in [0.25, 0.3) is 0 Å². The maximum atomic E-state index is 13.5. The lowest BCUT2D eigenvalue weighted by Crippen LogP contribution is -2.19. The standard InChI is InChI=1S/C13H18FNO/c1-9(2)6-7-15-10(3)12-5-4-11(16)8-13(12)14/h4-6,8,10,15-16H,7H2,1-3H3. The van der Waals surface area contributed by atoms with Crippen LogP contribution in [0.2, 0.25) is 0 Å². The van der Waals surface area contributed by atoms with Crippen molar-refractivity contribution in [3.8, 4) is 5.75 Å². The van der Waals surface area contributed by atoms with Gasteiger partial charge in [-0.1, -0.05) is 17.7 Å². The summed E-state index contributed by atoms with van der Waals surface area (Å²) < 4.78 is 13.5. The fourth-order valence-corrected chi connectivity index (χ4v) is 1.42. The topological polar surface area (TPSA) is 32.3 Å². The molecule has 0 fully saturated rings. The number of rotatable bonds is 4. The van der Waals surface area contributed by atoms with Crippen LogP contribution < -0.4 is 5.32 Å². The molecule has 0 radical (unpaired) electrons. The van der Waals surface area contributed by atoms with E-state index in [1.807, 2.05) is 20.8 Å². The number of phenols is 1.